The van der Waals surface area contributed by atoms with E-state index in [0.717, 1.165) is 34.0 Å². The molecule has 0 saturated heterocycles. The first-order chi connectivity index (χ1) is 13.2. The van der Waals surface area contributed by atoms with E-state index in [0.29, 0.717) is 23.8 Å². The van der Waals surface area contributed by atoms with Crippen LogP contribution in [0.2, 0.25) is 0 Å². The van der Waals surface area contributed by atoms with Gasteiger partial charge in [0.2, 0.25) is 0 Å². The van der Waals surface area contributed by atoms with Gasteiger partial charge in [-0.1, -0.05) is 24.2 Å². The normalized spacial score (nSPS) is 12.4. The molecule has 0 unspecified atom stereocenters. The lowest BCUT2D eigenvalue weighted by Crippen LogP contribution is -2.00. The van der Waals surface area contributed by atoms with Crippen LogP contribution in [-0.2, 0) is 6.42 Å². The summed E-state index contributed by atoms with van der Waals surface area (Å²) in [5.74, 6) is 2.74. The molecule has 8 heteroatoms. The van der Waals surface area contributed by atoms with Gasteiger partial charge in [0.1, 0.15) is 12.1 Å². The Kier molecular flexibility index (Phi) is 3.40. The maximum absolute atomic E-state index is 5.55. The summed E-state index contributed by atoms with van der Waals surface area (Å²) in [7, 11) is 1.64. The van der Waals surface area contributed by atoms with Gasteiger partial charge in [0, 0.05) is 23.5 Å². The first-order valence-electron chi connectivity index (χ1n) is 8.68. The molecule has 0 fully saturated rings. The number of aromatic nitrogens is 5. The lowest BCUT2D eigenvalue weighted by molar-refractivity contribution is 0.413. The summed E-state index contributed by atoms with van der Waals surface area (Å²) in [5, 5.41) is 8.05. The van der Waals surface area contributed by atoms with Gasteiger partial charge in [0.05, 0.1) is 24.7 Å². The van der Waals surface area contributed by atoms with Gasteiger partial charge in [-0.05, 0) is 18.2 Å². The molecule has 0 spiro atoms. The monoisotopic (exact) mass is 363 g/mol. The van der Waals surface area contributed by atoms with Crippen LogP contribution in [0.25, 0.3) is 28.6 Å². The summed E-state index contributed by atoms with van der Waals surface area (Å²) >= 11 is 0. The number of imidazole rings is 1. The second-order valence-electron chi connectivity index (χ2n) is 6.76. The Morgan fingerprint density at radius 2 is 2.11 bits per heavy atom. The van der Waals surface area contributed by atoms with Crippen molar-refractivity contribution in [3.8, 4) is 34.3 Å². The minimum absolute atomic E-state index is 0.182. The van der Waals surface area contributed by atoms with Crippen molar-refractivity contribution in [3.05, 3.63) is 47.8 Å². The highest BCUT2D eigenvalue weighted by atomic mass is 16.5. The number of hydrogen-bond acceptors (Lipinski definition) is 7. The van der Waals surface area contributed by atoms with E-state index in [1.165, 1.54) is 0 Å². The zero-order valence-electron chi connectivity index (χ0n) is 15.1. The minimum Gasteiger partial charge on any atom is -0.497 e. The van der Waals surface area contributed by atoms with Gasteiger partial charge in [-0.15, -0.1) is 0 Å². The average Bonchev–Trinajstić information content (AvgIpc) is 3.39. The second-order valence-corrected chi connectivity index (χ2v) is 6.76. The van der Waals surface area contributed by atoms with Crippen LogP contribution in [0.3, 0.4) is 0 Å². The van der Waals surface area contributed by atoms with Gasteiger partial charge in [-0.3, -0.25) is 0 Å². The predicted molar refractivity (Wildman–Crippen MR) is 95.8 cm³/mol. The molecule has 136 valence electrons. The molecule has 4 aromatic rings. The van der Waals surface area contributed by atoms with E-state index >= 15 is 0 Å². The lowest BCUT2D eigenvalue weighted by atomic mass is 10.1. The van der Waals surface area contributed by atoms with E-state index in [9.17, 15) is 0 Å². The smallest absolute Gasteiger partial charge is 0.278 e. The molecule has 1 aliphatic rings. The van der Waals surface area contributed by atoms with Crippen LogP contribution in [0.15, 0.2) is 39.8 Å². The van der Waals surface area contributed by atoms with Crippen molar-refractivity contribution < 1.29 is 13.8 Å². The van der Waals surface area contributed by atoms with E-state index in [4.69, 9.17) is 13.8 Å². The van der Waals surface area contributed by atoms with Crippen molar-refractivity contribution >= 4 is 0 Å². The molecular weight excluding hydrogens is 346 g/mol. The average molecular weight is 363 g/mol. The molecule has 0 bridgehead atoms. The summed E-state index contributed by atoms with van der Waals surface area (Å²) in [6.45, 7) is 4.05. The van der Waals surface area contributed by atoms with Crippen LogP contribution in [0.4, 0.5) is 0 Å². The lowest BCUT2D eigenvalue weighted by Gasteiger charge is -2.10. The number of ether oxygens (including phenoxy) is 1. The van der Waals surface area contributed by atoms with Crippen molar-refractivity contribution in [3.63, 3.8) is 0 Å². The Morgan fingerprint density at radius 1 is 1.22 bits per heavy atom. The standard InChI is InChI=1S/C19H17N5O3/c1-10(2)18-22-19(27-23-18)16-15-6-11-8-21-26-17(11)13-7-12(25-3)4-5-14(13)24(15)9-20-16/h4-5,7-10H,6H2,1-3H3. The number of methoxy groups -OCH3 is 1. The Balaban J connectivity index is 1.73. The predicted octanol–water partition coefficient (Wildman–Crippen LogP) is 3.61. The topological polar surface area (TPSA) is 92.0 Å². The fourth-order valence-electron chi connectivity index (χ4n) is 3.32. The molecule has 4 heterocycles. The van der Waals surface area contributed by atoms with Crippen LogP contribution >= 0.6 is 0 Å². The van der Waals surface area contributed by atoms with Gasteiger partial charge in [-0.25, -0.2) is 4.98 Å². The maximum Gasteiger partial charge on any atom is 0.278 e. The molecular formula is C19H17N5O3. The van der Waals surface area contributed by atoms with Crippen molar-refractivity contribution in [1.82, 2.24) is 24.8 Å². The number of nitrogens with zero attached hydrogens (tertiary/aromatic N) is 5. The third-order valence-electron chi connectivity index (χ3n) is 4.74. The summed E-state index contributed by atoms with van der Waals surface area (Å²) in [5.41, 5.74) is 4.42. The van der Waals surface area contributed by atoms with E-state index < -0.39 is 0 Å². The van der Waals surface area contributed by atoms with Crippen molar-refractivity contribution in [2.45, 2.75) is 26.2 Å². The highest BCUT2D eigenvalue weighted by Gasteiger charge is 2.28. The molecule has 3 aromatic heterocycles. The summed E-state index contributed by atoms with van der Waals surface area (Å²) in [6.07, 6.45) is 4.09. The fourth-order valence-corrected chi connectivity index (χ4v) is 3.32. The molecule has 0 atom stereocenters. The molecule has 0 N–H and O–H groups in total. The molecule has 27 heavy (non-hydrogen) atoms. The van der Waals surface area contributed by atoms with Crippen LogP contribution in [-0.4, -0.2) is 32.0 Å². The number of benzene rings is 1. The Labute approximate surface area is 154 Å². The summed E-state index contributed by atoms with van der Waals surface area (Å²) in [4.78, 5) is 9.07. The SMILES string of the molecule is COc1ccc2c(c1)-c1oncc1Cc1c(-c3nc(C(C)C)no3)ncn1-2. The third-order valence-corrected chi connectivity index (χ3v) is 4.74. The van der Waals surface area contributed by atoms with Gasteiger partial charge >= 0.3 is 0 Å². The molecule has 5 rings (SSSR count). The second kappa shape index (κ2) is 5.80. The van der Waals surface area contributed by atoms with E-state index in [1.807, 2.05) is 36.6 Å². The molecule has 8 nitrogen and oxygen atoms in total. The van der Waals surface area contributed by atoms with Crippen LogP contribution in [0.1, 0.15) is 36.8 Å². The molecule has 1 aromatic carbocycles. The van der Waals surface area contributed by atoms with E-state index in [-0.39, 0.29) is 5.92 Å². The molecule has 0 saturated carbocycles. The zero-order valence-corrected chi connectivity index (χ0v) is 15.1. The van der Waals surface area contributed by atoms with Gasteiger partial charge < -0.3 is 18.4 Å². The largest absolute Gasteiger partial charge is 0.497 e. The van der Waals surface area contributed by atoms with Gasteiger partial charge in [-0.2, -0.15) is 4.98 Å². The van der Waals surface area contributed by atoms with Crippen molar-refractivity contribution in [1.29, 1.82) is 0 Å². The highest BCUT2D eigenvalue weighted by molar-refractivity contribution is 5.76. The zero-order chi connectivity index (χ0) is 18.5. The van der Waals surface area contributed by atoms with Crippen LogP contribution < -0.4 is 4.74 Å². The van der Waals surface area contributed by atoms with Crippen molar-refractivity contribution in [2.24, 2.45) is 0 Å². The maximum atomic E-state index is 5.55. The molecule has 0 amide bonds. The van der Waals surface area contributed by atoms with E-state index in [1.54, 1.807) is 19.6 Å². The Bertz CT molecular complexity index is 1140. The third kappa shape index (κ3) is 2.37. The van der Waals surface area contributed by atoms with Crippen molar-refractivity contribution in [2.75, 3.05) is 7.11 Å². The molecule has 0 radical (unpaired) electrons. The Hall–Kier alpha value is -3.42. The van der Waals surface area contributed by atoms with Crippen LogP contribution in [0, 0.1) is 0 Å². The molecule has 0 aliphatic carbocycles. The minimum atomic E-state index is 0.182. The number of rotatable bonds is 3. The fraction of sp³-hybridized carbons (Fsp3) is 0.263. The van der Waals surface area contributed by atoms with Gasteiger partial charge in [0.25, 0.3) is 5.89 Å². The Morgan fingerprint density at radius 3 is 2.89 bits per heavy atom. The summed E-state index contributed by atoms with van der Waals surface area (Å²) in [6, 6.07) is 5.83. The first-order valence-corrected chi connectivity index (χ1v) is 8.68. The van der Waals surface area contributed by atoms with Gasteiger partial charge in [0.15, 0.2) is 17.3 Å². The number of fused-ring (bicyclic) bond motifs is 5. The first kappa shape index (κ1) is 15.8. The quantitative estimate of drug-likeness (QED) is 0.483. The van der Waals surface area contributed by atoms with Crippen LogP contribution in [0.5, 0.6) is 5.75 Å². The molecule has 1 aliphatic heterocycles. The highest BCUT2D eigenvalue weighted by Crippen LogP contribution is 2.39. The van der Waals surface area contributed by atoms with E-state index in [2.05, 4.69) is 20.3 Å². The summed E-state index contributed by atoms with van der Waals surface area (Å²) < 4.78 is 18.4. The number of hydrogen-bond donors (Lipinski definition) is 0.